The van der Waals surface area contributed by atoms with Gasteiger partial charge in [-0.05, 0) is 74.1 Å². The van der Waals surface area contributed by atoms with E-state index in [9.17, 15) is 40.7 Å². The first-order valence-corrected chi connectivity index (χ1v) is 15.1. The van der Waals surface area contributed by atoms with E-state index in [1.807, 2.05) is 13.0 Å². The lowest BCUT2D eigenvalue weighted by molar-refractivity contribution is -0.140. The molecule has 3 aliphatic rings. The van der Waals surface area contributed by atoms with Gasteiger partial charge in [0.1, 0.15) is 17.2 Å². The van der Waals surface area contributed by atoms with Crippen LogP contribution in [0, 0.1) is 12.7 Å². The molecule has 3 heterocycles. The third-order valence-corrected chi connectivity index (χ3v) is 10.1. The van der Waals surface area contributed by atoms with Crippen LogP contribution in [-0.4, -0.2) is 72.5 Å². The molecule has 2 N–H and O–H groups in total. The average molecular weight is 611 g/mol. The first-order valence-electron chi connectivity index (χ1n) is 13.5. The van der Waals surface area contributed by atoms with Crippen LogP contribution in [-0.2, 0) is 32.2 Å². The van der Waals surface area contributed by atoms with E-state index < -0.39 is 39.0 Å². The first kappa shape index (κ1) is 30.1. The fraction of sp³-hybridized carbons (Fsp3) is 0.464. The number of amides is 2. The number of anilines is 1. The molecule has 42 heavy (non-hydrogen) atoms. The molecule has 0 aliphatic carbocycles. The molecule has 0 radical (unpaired) electrons. The summed E-state index contributed by atoms with van der Waals surface area (Å²) in [6, 6.07) is 7.43. The van der Waals surface area contributed by atoms with E-state index in [4.69, 9.17) is 0 Å². The monoisotopic (exact) mass is 610 g/mol. The summed E-state index contributed by atoms with van der Waals surface area (Å²) in [6.45, 7) is 1.70. The van der Waals surface area contributed by atoms with Gasteiger partial charge in [0.2, 0.25) is 15.9 Å². The molecule has 0 saturated carbocycles. The Bertz CT molecular complexity index is 1550. The van der Waals surface area contributed by atoms with Crippen LogP contribution in [0.1, 0.15) is 47.9 Å². The molecule has 0 bridgehead atoms. The number of nitrogens with zero attached hydrogens (tertiary/aromatic N) is 3. The fourth-order valence-corrected chi connectivity index (χ4v) is 7.24. The largest absolute Gasteiger partial charge is 0.419 e. The fourth-order valence-electron chi connectivity index (χ4n) is 5.77. The Hall–Kier alpha value is -3.36. The van der Waals surface area contributed by atoms with Gasteiger partial charge < -0.3 is 15.3 Å². The van der Waals surface area contributed by atoms with Gasteiger partial charge in [-0.3, -0.25) is 14.6 Å². The zero-order valence-corrected chi connectivity index (χ0v) is 23.6. The van der Waals surface area contributed by atoms with Crippen molar-refractivity contribution >= 4 is 33.4 Å². The maximum atomic E-state index is 13.7. The Morgan fingerprint density at radius 1 is 1.12 bits per heavy atom. The van der Waals surface area contributed by atoms with Crippen LogP contribution in [0.2, 0.25) is 0 Å². The first-order chi connectivity index (χ1) is 19.7. The van der Waals surface area contributed by atoms with E-state index in [1.54, 1.807) is 17.0 Å². The standard InChI is InChI=1S/C28H30F4N4O5S/c1-17-14-20(36-21(16-37)5-7-24(36)38)4-2-18(17)8-13-42(40,41)35-11-9-27(10-12-35)26(39)33-25(34-27)19-3-6-23(29)22(15-19)28(30,31)32/h2-4,6,14-15,21,37H,5,7-13,16H2,1H3,(H,33,34,39)/t21-/m1/s1. The number of hydrogen-bond acceptors (Lipinski definition) is 6. The number of carbonyl (C=O) groups excluding carboxylic acids is 2. The summed E-state index contributed by atoms with van der Waals surface area (Å²) in [5.41, 5.74) is -0.610. The molecule has 2 fully saturated rings. The summed E-state index contributed by atoms with van der Waals surface area (Å²) in [5, 5.41) is 12.1. The molecule has 14 heteroatoms. The number of benzene rings is 2. The van der Waals surface area contributed by atoms with Gasteiger partial charge >= 0.3 is 6.18 Å². The third kappa shape index (κ3) is 5.66. The van der Waals surface area contributed by atoms with Gasteiger partial charge in [-0.25, -0.2) is 17.1 Å². The highest BCUT2D eigenvalue weighted by molar-refractivity contribution is 7.89. The Kier molecular flexibility index (Phi) is 7.92. The van der Waals surface area contributed by atoms with E-state index in [2.05, 4.69) is 10.3 Å². The van der Waals surface area contributed by atoms with Crippen LogP contribution in [0.3, 0.4) is 0 Å². The van der Waals surface area contributed by atoms with Gasteiger partial charge in [-0.15, -0.1) is 0 Å². The lowest BCUT2D eigenvalue weighted by Gasteiger charge is -2.34. The number of carbonyl (C=O) groups is 2. The Morgan fingerprint density at radius 3 is 2.48 bits per heavy atom. The second kappa shape index (κ2) is 11.0. The highest BCUT2D eigenvalue weighted by Gasteiger charge is 2.48. The number of hydrogen-bond donors (Lipinski definition) is 2. The molecule has 2 saturated heterocycles. The van der Waals surface area contributed by atoms with Crippen LogP contribution in [0.15, 0.2) is 41.4 Å². The predicted molar refractivity (Wildman–Crippen MR) is 146 cm³/mol. The topological polar surface area (TPSA) is 119 Å². The lowest BCUT2D eigenvalue weighted by Crippen LogP contribution is -2.50. The maximum Gasteiger partial charge on any atom is 0.419 e. The normalized spacial score (nSPS) is 21.2. The molecule has 9 nitrogen and oxygen atoms in total. The van der Waals surface area contributed by atoms with Crippen molar-refractivity contribution in [2.45, 2.75) is 56.8 Å². The third-order valence-electron chi connectivity index (χ3n) is 8.24. The van der Waals surface area contributed by atoms with E-state index in [0.717, 1.165) is 17.2 Å². The molecular weight excluding hydrogens is 580 g/mol. The molecule has 2 aromatic carbocycles. The number of aliphatic imine (C=N–C) groups is 1. The van der Waals surface area contributed by atoms with Crippen molar-refractivity contribution in [2.75, 3.05) is 30.3 Å². The van der Waals surface area contributed by atoms with Crippen molar-refractivity contribution in [2.24, 2.45) is 4.99 Å². The van der Waals surface area contributed by atoms with Crippen LogP contribution >= 0.6 is 0 Å². The number of nitrogens with one attached hydrogen (secondary N) is 1. The Morgan fingerprint density at radius 2 is 1.83 bits per heavy atom. The second-order valence-electron chi connectivity index (χ2n) is 10.9. The molecule has 226 valence electrons. The van der Waals surface area contributed by atoms with Gasteiger partial charge in [-0.1, -0.05) is 6.07 Å². The minimum atomic E-state index is -4.92. The highest BCUT2D eigenvalue weighted by atomic mass is 32.2. The zero-order valence-electron chi connectivity index (χ0n) is 22.7. The van der Waals surface area contributed by atoms with Crippen molar-refractivity contribution in [3.8, 4) is 0 Å². The summed E-state index contributed by atoms with van der Waals surface area (Å²) in [7, 11) is -3.71. The number of alkyl halides is 3. The van der Waals surface area contributed by atoms with Crippen molar-refractivity contribution < 1.29 is 40.7 Å². The molecule has 0 unspecified atom stereocenters. The summed E-state index contributed by atoms with van der Waals surface area (Å²) in [6.07, 6.45) is -3.68. The van der Waals surface area contributed by atoms with Crippen molar-refractivity contribution in [3.05, 3.63) is 64.5 Å². The van der Waals surface area contributed by atoms with Crippen molar-refractivity contribution in [1.29, 1.82) is 0 Å². The number of aryl methyl sites for hydroxylation is 2. The summed E-state index contributed by atoms with van der Waals surface area (Å²) < 4.78 is 80.8. The highest BCUT2D eigenvalue weighted by Crippen LogP contribution is 2.35. The van der Waals surface area contributed by atoms with E-state index >= 15 is 0 Å². The van der Waals surface area contributed by atoms with Crippen LogP contribution in [0.4, 0.5) is 23.2 Å². The lowest BCUT2D eigenvalue weighted by atomic mass is 9.89. The SMILES string of the molecule is Cc1cc(N2C(=O)CC[C@@H]2CO)ccc1CCS(=O)(=O)N1CCC2(CC1)N=C(c1ccc(F)c(C(F)(F)F)c1)NC2=O. The minimum Gasteiger partial charge on any atom is -0.394 e. The smallest absolute Gasteiger partial charge is 0.394 e. The predicted octanol–water partition coefficient (Wildman–Crippen LogP) is 2.92. The van der Waals surface area contributed by atoms with Gasteiger partial charge in [0.25, 0.3) is 5.91 Å². The molecule has 2 amide bonds. The quantitative estimate of drug-likeness (QED) is 0.468. The van der Waals surface area contributed by atoms with Crippen LogP contribution in [0.5, 0.6) is 0 Å². The van der Waals surface area contributed by atoms with Gasteiger partial charge in [0.15, 0.2) is 0 Å². The van der Waals surface area contributed by atoms with Crippen LogP contribution < -0.4 is 10.2 Å². The van der Waals surface area contributed by atoms with Crippen molar-refractivity contribution in [3.63, 3.8) is 0 Å². The summed E-state index contributed by atoms with van der Waals surface area (Å²) >= 11 is 0. The van der Waals surface area contributed by atoms with Gasteiger partial charge in [0, 0.05) is 30.8 Å². The van der Waals surface area contributed by atoms with E-state index in [0.29, 0.717) is 30.7 Å². The molecule has 1 atom stereocenters. The molecule has 0 aromatic heterocycles. The Labute approximate surface area is 240 Å². The van der Waals surface area contributed by atoms with Gasteiger partial charge in [-0.2, -0.15) is 13.2 Å². The number of rotatable bonds is 7. The zero-order chi connectivity index (χ0) is 30.4. The molecular formula is C28H30F4N4O5S. The number of amidine groups is 1. The molecule has 1 spiro atoms. The number of aliphatic hydroxyl groups is 1. The number of piperidine rings is 1. The maximum absolute atomic E-state index is 13.7. The number of aliphatic hydroxyl groups excluding tert-OH is 1. The molecule has 2 aromatic rings. The average Bonchev–Trinajstić information content (AvgIpc) is 3.46. The second-order valence-corrected chi connectivity index (χ2v) is 12.9. The van der Waals surface area contributed by atoms with E-state index in [1.165, 1.54) is 4.31 Å². The molecule has 5 rings (SSSR count). The van der Waals surface area contributed by atoms with Gasteiger partial charge in [0.05, 0.1) is 24.0 Å². The Balaban J connectivity index is 1.24. The summed E-state index contributed by atoms with van der Waals surface area (Å²) in [5.74, 6) is -2.33. The number of halogens is 4. The number of sulfonamides is 1. The molecule has 3 aliphatic heterocycles. The minimum absolute atomic E-state index is 0.00128. The summed E-state index contributed by atoms with van der Waals surface area (Å²) in [4.78, 5) is 31.1. The van der Waals surface area contributed by atoms with E-state index in [-0.39, 0.29) is 68.1 Å². The van der Waals surface area contributed by atoms with Crippen molar-refractivity contribution in [1.82, 2.24) is 9.62 Å². The van der Waals surface area contributed by atoms with Crippen LogP contribution in [0.25, 0.3) is 0 Å².